The first-order valence-electron chi connectivity index (χ1n) is 6.57. The van der Waals surface area contributed by atoms with E-state index < -0.39 is 0 Å². The van der Waals surface area contributed by atoms with Crippen molar-refractivity contribution in [1.29, 1.82) is 0 Å². The highest BCUT2D eigenvalue weighted by Crippen LogP contribution is 2.31. The summed E-state index contributed by atoms with van der Waals surface area (Å²) in [5.41, 5.74) is 8.66. The third-order valence-corrected chi connectivity index (χ3v) is 3.81. The van der Waals surface area contributed by atoms with Crippen LogP contribution < -0.4 is 10.6 Å². The molecule has 0 atom stereocenters. The number of hydrogen-bond donors (Lipinski definition) is 1. The molecule has 3 rings (SSSR count). The van der Waals surface area contributed by atoms with Gasteiger partial charge in [-0.1, -0.05) is 17.7 Å². The van der Waals surface area contributed by atoms with Gasteiger partial charge < -0.3 is 15.4 Å². The Balaban J connectivity index is 1.90. The highest BCUT2D eigenvalue weighted by molar-refractivity contribution is 6.33. The lowest BCUT2D eigenvalue weighted by atomic mass is 10.1. The van der Waals surface area contributed by atoms with Crippen LogP contribution in [0.4, 0.5) is 11.5 Å². The van der Waals surface area contributed by atoms with Crippen LogP contribution in [0.2, 0.25) is 5.02 Å². The van der Waals surface area contributed by atoms with E-state index in [0.29, 0.717) is 5.82 Å². The van der Waals surface area contributed by atoms with Gasteiger partial charge in [0.05, 0.1) is 29.6 Å². The maximum atomic E-state index is 6.41. The molecular weight excluding hydrogens is 276 g/mol. The van der Waals surface area contributed by atoms with Crippen molar-refractivity contribution in [3.63, 3.8) is 0 Å². The van der Waals surface area contributed by atoms with Crippen molar-refractivity contribution < 1.29 is 4.74 Å². The fraction of sp³-hybridized carbons (Fsp3) is 0.357. The van der Waals surface area contributed by atoms with Crippen LogP contribution in [-0.4, -0.2) is 36.1 Å². The van der Waals surface area contributed by atoms with Gasteiger partial charge in [0, 0.05) is 31.8 Å². The van der Waals surface area contributed by atoms with Gasteiger partial charge in [-0.05, 0) is 12.1 Å². The molecule has 0 bridgehead atoms. The predicted molar refractivity (Wildman–Crippen MR) is 81.1 cm³/mol. The Morgan fingerprint density at radius 2 is 2.00 bits per heavy atom. The summed E-state index contributed by atoms with van der Waals surface area (Å²) < 4.78 is 7.01. The van der Waals surface area contributed by atoms with Crippen LogP contribution in [0.15, 0.2) is 24.3 Å². The van der Waals surface area contributed by atoms with Gasteiger partial charge in [-0.3, -0.25) is 4.68 Å². The first-order chi connectivity index (χ1) is 9.65. The molecule has 0 saturated carbocycles. The van der Waals surface area contributed by atoms with Crippen molar-refractivity contribution >= 4 is 23.1 Å². The minimum absolute atomic E-state index is 0.633. The average molecular weight is 293 g/mol. The molecule has 106 valence electrons. The van der Waals surface area contributed by atoms with E-state index in [2.05, 4.69) is 10.00 Å². The molecule has 20 heavy (non-hydrogen) atoms. The molecule has 0 radical (unpaired) electrons. The SMILES string of the molecule is Cn1nc(-c2ccc(N3CCOCC3)c(Cl)c2)cc1N. The standard InChI is InChI=1S/C14H17ClN4O/c1-18-14(16)9-12(17-18)10-2-3-13(11(15)8-10)19-4-6-20-7-5-19/h2-3,8-9H,4-7,16H2,1H3. The lowest BCUT2D eigenvalue weighted by Gasteiger charge is -2.29. The van der Waals surface area contributed by atoms with Crippen molar-refractivity contribution in [1.82, 2.24) is 9.78 Å². The number of morpholine rings is 1. The predicted octanol–water partition coefficient (Wildman–Crippen LogP) is 2.16. The van der Waals surface area contributed by atoms with Gasteiger partial charge in [0.25, 0.3) is 0 Å². The maximum absolute atomic E-state index is 6.41. The summed E-state index contributed by atoms with van der Waals surface area (Å²) in [5, 5.41) is 5.09. The number of aromatic nitrogens is 2. The molecule has 0 amide bonds. The number of halogens is 1. The largest absolute Gasteiger partial charge is 0.384 e. The van der Waals surface area contributed by atoms with Crippen LogP contribution >= 0.6 is 11.6 Å². The number of nitrogens with zero attached hydrogens (tertiary/aromatic N) is 3. The number of aryl methyl sites for hydroxylation is 1. The minimum Gasteiger partial charge on any atom is -0.384 e. The van der Waals surface area contributed by atoms with Crippen molar-refractivity contribution in [3.8, 4) is 11.3 Å². The Morgan fingerprint density at radius 3 is 2.60 bits per heavy atom. The summed E-state index contributed by atoms with van der Waals surface area (Å²) in [7, 11) is 1.82. The number of hydrogen-bond acceptors (Lipinski definition) is 4. The molecular formula is C14H17ClN4O. The summed E-state index contributed by atoms with van der Waals surface area (Å²) in [6, 6.07) is 7.85. The van der Waals surface area contributed by atoms with Crippen LogP contribution in [0.5, 0.6) is 0 Å². The summed E-state index contributed by atoms with van der Waals surface area (Å²) in [6.45, 7) is 3.23. The minimum atomic E-state index is 0.633. The van der Waals surface area contributed by atoms with E-state index in [1.807, 2.05) is 31.3 Å². The monoisotopic (exact) mass is 292 g/mol. The van der Waals surface area contributed by atoms with E-state index in [4.69, 9.17) is 22.1 Å². The normalized spacial score (nSPS) is 15.6. The van der Waals surface area contributed by atoms with Gasteiger partial charge in [-0.25, -0.2) is 0 Å². The van der Waals surface area contributed by atoms with Crippen LogP contribution in [-0.2, 0) is 11.8 Å². The molecule has 5 nitrogen and oxygen atoms in total. The summed E-state index contributed by atoms with van der Waals surface area (Å²) in [5.74, 6) is 0.633. The third kappa shape index (κ3) is 2.46. The van der Waals surface area contributed by atoms with Gasteiger partial charge in [0.1, 0.15) is 5.82 Å². The van der Waals surface area contributed by atoms with E-state index in [1.54, 1.807) is 4.68 Å². The van der Waals surface area contributed by atoms with Gasteiger partial charge in [-0.15, -0.1) is 0 Å². The third-order valence-electron chi connectivity index (χ3n) is 3.51. The average Bonchev–Trinajstić information content (AvgIpc) is 2.79. The van der Waals surface area contributed by atoms with Crippen LogP contribution in [0.25, 0.3) is 11.3 Å². The van der Waals surface area contributed by atoms with Gasteiger partial charge in [-0.2, -0.15) is 5.10 Å². The molecule has 2 heterocycles. The highest BCUT2D eigenvalue weighted by Gasteiger charge is 2.15. The second-order valence-electron chi connectivity index (χ2n) is 4.84. The van der Waals surface area contributed by atoms with Crippen molar-refractivity contribution in [2.24, 2.45) is 7.05 Å². The van der Waals surface area contributed by atoms with E-state index in [-0.39, 0.29) is 0 Å². The molecule has 1 aromatic carbocycles. The smallest absolute Gasteiger partial charge is 0.121 e. The van der Waals surface area contributed by atoms with E-state index in [1.165, 1.54) is 0 Å². The molecule has 2 aromatic rings. The van der Waals surface area contributed by atoms with E-state index in [9.17, 15) is 0 Å². The molecule has 0 aliphatic carbocycles. The lowest BCUT2D eigenvalue weighted by Crippen LogP contribution is -2.36. The Morgan fingerprint density at radius 1 is 1.25 bits per heavy atom. The number of nitrogens with two attached hydrogens (primary N) is 1. The molecule has 1 aliphatic rings. The van der Waals surface area contributed by atoms with Crippen molar-refractivity contribution in [3.05, 3.63) is 29.3 Å². The van der Waals surface area contributed by atoms with Gasteiger partial charge in [0.2, 0.25) is 0 Å². The molecule has 0 spiro atoms. The first-order valence-corrected chi connectivity index (χ1v) is 6.95. The van der Waals surface area contributed by atoms with Gasteiger partial charge >= 0.3 is 0 Å². The lowest BCUT2D eigenvalue weighted by molar-refractivity contribution is 0.122. The maximum Gasteiger partial charge on any atom is 0.121 e. The quantitative estimate of drug-likeness (QED) is 0.921. The number of benzene rings is 1. The van der Waals surface area contributed by atoms with Crippen LogP contribution in [0.1, 0.15) is 0 Å². The van der Waals surface area contributed by atoms with Gasteiger partial charge in [0.15, 0.2) is 0 Å². The Bertz CT molecular complexity index is 600. The number of ether oxygens (including phenoxy) is 1. The fourth-order valence-electron chi connectivity index (χ4n) is 2.35. The summed E-state index contributed by atoms with van der Waals surface area (Å²) in [6.07, 6.45) is 0. The van der Waals surface area contributed by atoms with Crippen LogP contribution in [0, 0.1) is 0 Å². The molecule has 1 fully saturated rings. The Kier molecular flexibility index (Phi) is 3.54. The second kappa shape index (κ2) is 5.34. The molecule has 1 aliphatic heterocycles. The van der Waals surface area contributed by atoms with Crippen molar-refractivity contribution in [2.75, 3.05) is 36.9 Å². The molecule has 0 unspecified atom stereocenters. The summed E-state index contributed by atoms with van der Waals surface area (Å²) in [4.78, 5) is 2.24. The number of anilines is 2. The topological polar surface area (TPSA) is 56.3 Å². The fourth-order valence-corrected chi connectivity index (χ4v) is 2.65. The highest BCUT2D eigenvalue weighted by atomic mass is 35.5. The summed E-state index contributed by atoms with van der Waals surface area (Å²) >= 11 is 6.41. The van der Waals surface area contributed by atoms with E-state index in [0.717, 1.165) is 48.3 Å². The van der Waals surface area contributed by atoms with E-state index >= 15 is 0 Å². The second-order valence-corrected chi connectivity index (χ2v) is 5.25. The first kappa shape index (κ1) is 13.3. The zero-order valence-corrected chi connectivity index (χ0v) is 12.1. The zero-order valence-electron chi connectivity index (χ0n) is 11.3. The molecule has 6 heteroatoms. The van der Waals surface area contributed by atoms with Crippen molar-refractivity contribution in [2.45, 2.75) is 0 Å². The molecule has 2 N–H and O–H groups in total. The Labute approximate surface area is 122 Å². The molecule has 1 saturated heterocycles. The van der Waals surface area contributed by atoms with Crippen LogP contribution in [0.3, 0.4) is 0 Å². The zero-order chi connectivity index (χ0) is 14.1. The molecule has 1 aromatic heterocycles. The number of nitrogen functional groups attached to an aromatic ring is 1. The number of rotatable bonds is 2. The Hall–Kier alpha value is -1.72.